The maximum atomic E-state index is 12.6. The average Bonchev–Trinajstić information content (AvgIpc) is 2.78. The molecule has 0 aliphatic heterocycles. The molecule has 0 radical (unpaired) electrons. The van der Waals surface area contributed by atoms with E-state index in [-0.39, 0.29) is 24.4 Å². The first-order valence-corrected chi connectivity index (χ1v) is 7.35. The van der Waals surface area contributed by atoms with Crippen molar-refractivity contribution in [2.24, 2.45) is 11.1 Å². The molecule has 1 aliphatic rings. The summed E-state index contributed by atoms with van der Waals surface area (Å²) < 4.78 is 0. The van der Waals surface area contributed by atoms with Gasteiger partial charge in [-0.1, -0.05) is 38.1 Å². The van der Waals surface area contributed by atoms with Crippen molar-refractivity contribution in [1.29, 1.82) is 0 Å². The lowest BCUT2D eigenvalue weighted by Crippen LogP contribution is -2.47. The number of fused-ring (bicyclic) bond motifs is 1. The highest BCUT2D eigenvalue weighted by Gasteiger charge is 2.38. The fourth-order valence-electron chi connectivity index (χ4n) is 2.99. The Balaban J connectivity index is 0.00000220. The quantitative estimate of drug-likeness (QED) is 0.778. The van der Waals surface area contributed by atoms with Gasteiger partial charge in [0.05, 0.1) is 17.6 Å². The van der Waals surface area contributed by atoms with Gasteiger partial charge in [0.1, 0.15) is 0 Å². The van der Waals surface area contributed by atoms with Gasteiger partial charge in [0.15, 0.2) is 0 Å². The molecule has 1 aliphatic carbocycles. The van der Waals surface area contributed by atoms with E-state index in [4.69, 9.17) is 5.73 Å². The second-order valence-electron chi connectivity index (χ2n) is 5.61. The Morgan fingerprint density at radius 1 is 1.38 bits per heavy atom. The minimum atomic E-state index is -0.555. The van der Waals surface area contributed by atoms with Crippen LogP contribution in [0, 0.1) is 5.41 Å². The van der Waals surface area contributed by atoms with E-state index in [2.05, 4.69) is 5.32 Å². The first-order valence-electron chi connectivity index (χ1n) is 7.35. The molecule has 4 nitrogen and oxygen atoms in total. The molecule has 0 unspecified atom stereocenters. The van der Waals surface area contributed by atoms with Gasteiger partial charge < -0.3 is 16.2 Å². The van der Waals surface area contributed by atoms with Crippen LogP contribution in [0.4, 0.5) is 0 Å². The van der Waals surface area contributed by atoms with E-state index < -0.39 is 11.5 Å². The fraction of sp³-hybridized carbons (Fsp3) is 0.562. The summed E-state index contributed by atoms with van der Waals surface area (Å²) in [4.78, 5) is 12.6. The maximum Gasteiger partial charge on any atom is 0.228 e. The van der Waals surface area contributed by atoms with E-state index in [1.807, 2.05) is 38.1 Å². The number of hydrogen-bond donors (Lipinski definition) is 3. The van der Waals surface area contributed by atoms with Crippen molar-refractivity contribution >= 4 is 18.3 Å². The Kier molecular flexibility index (Phi) is 6.20. The number of rotatable bonds is 5. The van der Waals surface area contributed by atoms with E-state index in [1.54, 1.807) is 0 Å². The molecule has 2 rings (SSSR count). The molecule has 21 heavy (non-hydrogen) atoms. The summed E-state index contributed by atoms with van der Waals surface area (Å²) in [6.45, 7) is 4.29. The third-order valence-corrected chi connectivity index (χ3v) is 4.72. The van der Waals surface area contributed by atoms with Crippen LogP contribution < -0.4 is 11.1 Å². The summed E-state index contributed by atoms with van der Waals surface area (Å²) in [5.41, 5.74) is 7.41. The van der Waals surface area contributed by atoms with Crippen molar-refractivity contribution in [2.45, 2.75) is 45.3 Å². The highest BCUT2D eigenvalue weighted by atomic mass is 35.5. The molecule has 0 spiro atoms. The van der Waals surface area contributed by atoms with Gasteiger partial charge in [-0.2, -0.15) is 0 Å². The van der Waals surface area contributed by atoms with Crippen molar-refractivity contribution in [1.82, 2.24) is 5.32 Å². The van der Waals surface area contributed by atoms with Crippen LogP contribution in [-0.2, 0) is 11.2 Å². The van der Waals surface area contributed by atoms with Gasteiger partial charge in [0.2, 0.25) is 5.91 Å². The predicted molar refractivity (Wildman–Crippen MR) is 86.4 cm³/mol. The first-order chi connectivity index (χ1) is 9.57. The number of nitrogens with two attached hydrogens (primary N) is 1. The molecule has 0 bridgehead atoms. The normalized spacial score (nSPS) is 20.6. The van der Waals surface area contributed by atoms with Gasteiger partial charge in [0, 0.05) is 13.0 Å². The fourth-order valence-corrected chi connectivity index (χ4v) is 2.99. The number of amides is 1. The third-order valence-electron chi connectivity index (χ3n) is 4.72. The van der Waals surface area contributed by atoms with E-state index in [1.165, 1.54) is 0 Å². The van der Waals surface area contributed by atoms with Crippen LogP contribution in [0.3, 0.4) is 0 Å². The highest BCUT2D eigenvalue weighted by Crippen LogP contribution is 2.33. The van der Waals surface area contributed by atoms with Gasteiger partial charge in [-0.3, -0.25) is 4.79 Å². The van der Waals surface area contributed by atoms with Crippen molar-refractivity contribution < 1.29 is 9.90 Å². The Morgan fingerprint density at radius 3 is 2.57 bits per heavy atom. The molecule has 4 N–H and O–H groups in total. The lowest BCUT2D eigenvalue weighted by molar-refractivity contribution is -0.132. The molecule has 5 heteroatoms. The average molecular weight is 313 g/mol. The lowest BCUT2D eigenvalue weighted by Gasteiger charge is -2.31. The number of carbonyl (C=O) groups excluding carboxylic acids is 1. The standard InChI is InChI=1S/C16H24N2O2.ClH/c1-3-16(4-2,10-17)15(20)18-14-12-8-6-5-7-11(12)9-13(14)19;/h5-8,13-14,19H,3-4,9-10,17H2,1-2H3,(H,18,20);1H/t13-,14+;/m0./s1. The van der Waals surface area contributed by atoms with Gasteiger partial charge in [-0.15, -0.1) is 12.4 Å². The minimum absolute atomic E-state index is 0. The molecule has 0 fully saturated rings. The van der Waals surface area contributed by atoms with Crippen LogP contribution in [0.2, 0.25) is 0 Å². The zero-order valence-electron chi connectivity index (χ0n) is 12.6. The number of halogens is 1. The number of benzene rings is 1. The number of hydrogen-bond acceptors (Lipinski definition) is 3. The number of carbonyl (C=O) groups is 1. The molecule has 118 valence electrons. The summed E-state index contributed by atoms with van der Waals surface area (Å²) in [6.07, 6.45) is 1.45. The van der Waals surface area contributed by atoms with E-state index in [0.717, 1.165) is 11.1 Å². The van der Waals surface area contributed by atoms with E-state index >= 15 is 0 Å². The van der Waals surface area contributed by atoms with Crippen molar-refractivity contribution in [2.75, 3.05) is 6.54 Å². The number of aliphatic hydroxyl groups excluding tert-OH is 1. The monoisotopic (exact) mass is 312 g/mol. The van der Waals surface area contributed by atoms with Crippen molar-refractivity contribution in [3.63, 3.8) is 0 Å². The molecule has 1 aromatic carbocycles. The second-order valence-corrected chi connectivity index (χ2v) is 5.61. The van der Waals surface area contributed by atoms with Crippen LogP contribution >= 0.6 is 12.4 Å². The molecular weight excluding hydrogens is 288 g/mol. The Morgan fingerprint density at radius 2 is 2.00 bits per heavy atom. The summed E-state index contributed by atoms with van der Waals surface area (Å²) in [6, 6.07) is 7.55. The number of aliphatic hydroxyl groups is 1. The molecular formula is C16H25ClN2O2. The second kappa shape index (κ2) is 7.25. The molecule has 1 amide bonds. The van der Waals surface area contributed by atoms with Crippen LogP contribution in [0.5, 0.6) is 0 Å². The minimum Gasteiger partial charge on any atom is -0.390 e. The van der Waals surface area contributed by atoms with E-state index in [0.29, 0.717) is 25.8 Å². The number of nitrogens with one attached hydrogen (secondary N) is 1. The molecule has 1 aromatic rings. The van der Waals surface area contributed by atoms with Crippen molar-refractivity contribution in [3.05, 3.63) is 35.4 Å². The van der Waals surface area contributed by atoms with E-state index in [9.17, 15) is 9.90 Å². The zero-order chi connectivity index (χ0) is 14.8. The molecule has 0 heterocycles. The zero-order valence-corrected chi connectivity index (χ0v) is 13.5. The van der Waals surface area contributed by atoms with Gasteiger partial charge in [-0.25, -0.2) is 0 Å². The van der Waals surface area contributed by atoms with Crippen LogP contribution in [0.25, 0.3) is 0 Å². The van der Waals surface area contributed by atoms with Gasteiger partial charge in [-0.05, 0) is 24.0 Å². The molecule has 0 aromatic heterocycles. The van der Waals surface area contributed by atoms with Crippen LogP contribution in [-0.4, -0.2) is 23.7 Å². The maximum absolute atomic E-state index is 12.6. The highest BCUT2D eigenvalue weighted by molar-refractivity contribution is 5.85. The lowest BCUT2D eigenvalue weighted by atomic mass is 9.81. The van der Waals surface area contributed by atoms with Crippen molar-refractivity contribution in [3.8, 4) is 0 Å². The largest absolute Gasteiger partial charge is 0.390 e. The van der Waals surface area contributed by atoms with Crippen LogP contribution in [0.1, 0.15) is 43.9 Å². The topological polar surface area (TPSA) is 75.4 Å². The van der Waals surface area contributed by atoms with Gasteiger partial charge in [0.25, 0.3) is 0 Å². The Labute approximate surface area is 132 Å². The smallest absolute Gasteiger partial charge is 0.228 e. The Bertz CT molecular complexity index is 481. The molecule has 0 saturated heterocycles. The summed E-state index contributed by atoms with van der Waals surface area (Å²) in [7, 11) is 0. The molecule has 0 saturated carbocycles. The summed E-state index contributed by atoms with van der Waals surface area (Å²) in [5.74, 6) is -0.0502. The SMILES string of the molecule is CCC(CC)(CN)C(=O)N[C@@H]1c2ccccc2C[C@@H]1O.Cl. The predicted octanol–water partition coefficient (Wildman–Crippen LogP) is 1.95. The third kappa shape index (κ3) is 3.23. The first kappa shape index (κ1) is 18.0. The Hall–Kier alpha value is -1.10. The van der Waals surface area contributed by atoms with Gasteiger partial charge >= 0.3 is 0 Å². The molecule has 2 atom stereocenters. The summed E-state index contributed by atoms with van der Waals surface area (Å²) in [5, 5.41) is 13.2. The summed E-state index contributed by atoms with van der Waals surface area (Å²) >= 11 is 0. The van der Waals surface area contributed by atoms with Crippen LogP contribution in [0.15, 0.2) is 24.3 Å².